The summed E-state index contributed by atoms with van der Waals surface area (Å²) in [5, 5.41) is 19.7. The van der Waals surface area contributed by atoms with Gasteiger partial charge in [0.15, 0.2) is 5.13 Å². The fourth-order valence-electron chi connectivity index (χ4n) is 1.47. The number of hydrogen-bond donors (Lipinski definition) is 1. The third kappa shape index (κ3) is 3.38. The van der Waals surface area contributed by atoms with Gasteiger partial charge in [0, 0.05) is 12.6 Å². The molecule has 1 rings (SSSR count). The van der Waals surface area contributed by atoms with Crippen LogP contribution in [-0.4, -0.2) is 33.6 Å². The molecule has 0 amide bonds. The molecule has 1 atom stereocenters. The van der Waals surface area contributed by atoms with Crippen LogP contribution >= 0.6 is 11.3 Å². The summed E-state index contributed by atoms with van der Waals surface area (Å²) in [6.07, 6.45) is 1.16. The van der Waals surface area contributed by atoms with E-state index in [4.69, 9.17) is 5.11 Å². The number of anilines is 1. The van der Waals surface area contributed by atoms with Crippen LogP contribution in [0.4, 0.5) is 10.1 Å². The summed E-state index contributed by atoms with van der Waals surface area (Å²) in [5.74, 6) is -0.901. The number of aromatic nitrogens is 1. The van der Waals surface area contributed by atoms with Crippen molar-refractivity contribution >= 4 is 27.4 Å². The lowest BCUT2D eigenvalue weighted by atomic mass is 10.2. The van der Waals surface area contributed by atoms with Crippen molar-refractivity contribution in [3.8, 4) is 0 Å². The van der Waals surface area contributed by atoms with E-state index in [-0.39, 0.29) is 17.5 Å². The van der Waals surface area contributed by atoms with Gasteiger partial charge in [-0.2, -0.15) is 0 Å². The number of nitrogens with zero attached hydrogens (tertiary/aromatic N) is 3. The van der Waals surface area contributed by atoms with Crippen LogP contribution in [0.1, 0.15) is 20.3 Å². The Morgan fingerprint density at radius 3 is 2.82 bits per heavy atom. The predicted molar refractivity (Wildman–Crippen MR) is 63.5 cm³/mol. The minimum atomic E-state index is -0.901. The topological polar surface area (TPSA) is 96.6 Å². The highest BCUT2D eigenvalue weighted by Crippen LogP contribution is 2.29. The summed E-state index contributed by atoms with van der Waals surface area (Å²) in [6.45, 7) is 4.16. The summed E-state index contributed by atoms with van der Waals surface area (Å²) >= 11 is 0.952. The van der Waals surface area contributed by atoms with Crippen LogP contribution in [0.3, 0.4) is 0 Å². The molecule has 0 aliphatic heterocycles. The molecule has 17 heavy (non-hydrogen) atoms. The molecule has 0 saturated carbocycles. The number of carboxylic acid groups (broad SMARTS) is 1. The quantitative estimate of drug-likeness (QED) is 0.617. The second kappa shape index (κ2) is 5.58. The normalized spacial score (nSPS) is 12.1. The molecule has 0 saturated heterocycles. The first-order valence-electron chi connectivity index (χ1n) is 5.04. The predicted octanol–water partition coefficient (Wildman–Crippen LogP) is 1.74. The van der Waals surface area contributed by atoms with E-state index in [9.17, 15) is 14.9 Å². The molecule has 1 unspecified atom stereocenters. The van der Waals surface area contributed by atoms with Gasteiger partial charge in [-0.05, 0) is 25.2 Å². The van der Waals surface area contributed by atoms with Crippen LogP contribution in [0.2, 0.25) is 0 Å². The molecule has 1 aromatic heterocycles. The number of rotatable bonds is 6. The molecule has 1 aromatic rings. The van der Waals surface area contributed by atoms with Crippen molar-refractivity contribution in [2.45, 2.75) is 26.3 Å². The van der Waals surface area contributed by atoms with Gasteiger partial charge in [-0.25, -0.2) is 4.98 Å². The Hall–Kier alpha value is -1.70. The highest BCUT2D eigenvalue weighted by molar-refractivity contribution is 7.18. The Kier molecular flexibility index (Phi) is 4.38. The van der Waals surface area contributed by atoms with E-state index in [2.05, 4.69) is 4.98 Å². The molecular formula is C9H13N3O4S. The summed E-state index contributed by atoms with van der Waals surface area (Å²) in [6, 6.07) is -0.247. The van der Waals surface area contributed by atoms with E-state index in [1.165, 1.54) is 6.20 Å². The van der Waals surface area contributed by atoms with E-state index in [1.54, 1.807) is 11.8 Å². The maximum atomic E-state index is 10.6. The van der Waals surface area contributed by atoms with Crippen molar-refractivity contribution in [2.75, 3.05) is 11.4 Å². The van der Waals surface area contributed by atoms with Gasteiger partial charge in [-0.1, -0.05) is 0 Å². The Morgan fingerprint density at radius 2 is 2.41 bits per heavy atom. The van der Waals surface area contributed by atoms with Gasteiger partial charge < -0.3 is 10.0 Å². The Bertz CT molecular complexity index is 420. The zero-order valence-corrected chi connectivity index (χ0v) is 10.3. The van der Waals surface area contributed by atoms with Crippen molar-refractivity contribution in [3.05, 3.63) is 16.3 Å². The Labute approximate surface area is 102 Å². The zero-order chi connectivity index (χ0) is 13.0. The molecule has 0 aromatic carbocycles. The second-order valence-electron chi connectivity index (χ2n) is 3.47. The molecule has 0 spiro atoms. The van der Waals surface area contributed by atoms with Crippen molar-refractivity contribution in [3.63, 3.8) is 0 Å². The van der Waals surface area contributed by atoms with Gasteiger partial charge in [0.05, 0.1) is 11.3 Å². The van der Waals surface area contributed by atoms with Crippen molar-refractivity contribution in [1.82, 2.24) is 4.98 Å². The van der Waals surface area contributed by atoms with E-state index in [1.807, 2.05) is 6.92 Å². The van der Waals surface area contributed by atoms with Crippen molar-refractivity contribution in [2.24, 2.45) is 0 Å². The van der Waals surface area contributed by atoms with Gasteiger partial charge in [-0.3, -0.25) is 14.9 Å². The fourth-order valence-corrected chi connectivity index (χ4v) is 2.37. The monoisotopic (exact) mass is 259 g/mol. The molecule has 1 N–H and O–H groups in total. The van der Waals surface area contributed by atoms with Crippen LogP contribution in [0.25, 0.3) is 0 Å². The second-order valence-corrected chi connectivity index (χ2v) is 4.46. The van der Waals surface area contributed by atoms with E-state index in [0.29, 0.717) is 11.7 Å². The molecule has 7 nitrogen and oxygen atoms in total. The molecule has 8 heteroatoms. The molecule has 1 heterocycles. The van der Waals surface area contributed by atoms with Gasteiger partial charge in [0.2, 0.25) is 0 Å². The average Bonchev–Trinajstić information content (AvgIpc) is 2.66. The highest BCUT2D eigenvalue weighted by atomic mass is 32.1. The maximum Gasteiger partial charge on any atom is 0.345 e. The van der Waals surface area contributed by atoms with E-state index < -0.39 is 10.9 Å². The van der Waals surface area contributed by atoms with Crippen LogP contribution in [0.15, 0.2) is 6.20 Å². The molecule has 0 aliphatic rings. The van der Waals surface area contributed by atoms with Crippen LogP contribution in [0, 0.1) is 10.1 Å². The van der Waals surface area contributed by atoms with Crippen LogP contribution in [-0.2, 0) is 4.79 Å². The standard InChI is InChI=1S/C9H13N3O4S/c1-3-11(6(2)4-8(13)14)9-10-5-7(17-9)12(15)16/h5-6H,3-4H2,1-2H3,(H,13,14). The minimum Gasteiger partial charge on any atom is -0.481 e. The fraction of sp³-hybridized carbons (Fsp3) is 0.556. The largest absolute Gasteiger partial charge is 0.481 e. The van der Waals surface area contributed by atoms with Gasteiger partial charge in [0.25, 0.3) is 0 Å². The number of carboxylic acids is 1. The molecule has 0 radical (unpaired) electrons. The third-order valence-electron chi connectivity index (χ3n) is 2.25. The number of hydrogen-bond acceptors (Lipinski definition) is 6. The third-order valence-corrected chi connectivity index (χ3v) is 3.24. The molecule has 94 valence electrons. The first-order valence-corrected chi connectivity index (χ1v) is 5.86. The van der Waals surface area contributed by atoms with Gasteiger partial charge in [-0.15, -0.1) is 0 Å². The lowest BCUT2D eigenvalue weighted by Crippen LogP contribution is -2.34. The smallest absolute Gasteiger partial charge is 0.345 e. The maximum absolute atomic E-state index is 10.6. The first kappa shape index (κ1) is 13.4. The summed E-state index contributed by atoms with van der Waals surface area (Å²) < 4.78 is 0. The van der Waals surface area contributed by atoms with Gasteiger partial charge in [0.1, 0.15) is 6.20 Å². The molecule has 0 aliphatic carbocycles. The number of aliphatic carboxylic acids is 1. The SMILES string of the molecule is CCN(c1ncc([N+](=O)[O-])s1)C(C)CC(=O)O. The highest BCUT2D eigenvalue weighted by Gasteiger charge is 2.21. The summed E-state index contributed by atoms with van der Waals surface area (Å²) in [4.78, 5) is 26.3. The number of thiazole rings is 1. The van der Waals surface area contributed by atoms with Gasteiger partial charge >= 0.3 is 11.0 Å². The summed E-state index contributed by atoms with van der Waals surface area (Å²) in [7, 11) is 0. The summed E-state index contributed by atoms with van der Waals surface area (Å²) in [5.41, 5.74) is 0. The van der Waals surface area contributed by atoms with E-state index in [0.717, 1.165) is 11.3 Å². The van der Waals surface area contributed by atoms with Crippen LogP contribution in [0.5, 0.6) is 0 Å². The Morgan fingerprint density at radius 1 is 1.76 bits per heavy atom. The zero-order valence-electron chi connectivity index (χ0n) is 9.49. The minimum absolute atomic E-state index is 0.0266. The molecule has 0 bridgehead atoms. The van der Waals surface area contributed by atoms with Crippen LogP contribution < -0.4 is 4.90 Å². The number of nitro groups is 1. The lowest BCUT2D eigenvalue weighted by Gasteiger charge is -2.25. The lowest BCUT2D eigenvalue weighted by molar-refractivity contribution is -0.380. The number of carbonyl (C=O) groups is 1. The average molecular weight is 259 g/mol. The molecular weight excluding hydrogens is 246 g/mol. The Balaban J connectivity index is 2.85. The molecule has 0 fully saturated rings. The van der Waals surface area contributed by atoms with Crippen molar-refractivity contribution in [1.29, 1.82) is 0 Å². The van der Waals surface area contributed by atoms with E-state index >= 15 is 0 Å². The van der Waals surface area contributed by atoms with Crippen molar-refractivity contribution < 1.29 is 14.8 Å². The first-order chi connectivity index (χ1) is 7.95.